The van der Waals surface area contributed by atoms with Gasteiger partial charge in [-0.2, -0.15) is 0 Å². The van der Waals surface area contributed by atoms with Gasteiger partial charge < -0.3 is 10.2 Å². The first-order valence-corrected chi connectivity index (χ1v) is 12.6. The smallest absolute Gasteiger partial charge is 0.243 e. The van der Waals surface area contributed by atoms with E-state index in [0.717, 1.165) is 46.2 Å². The van der Waals surface area contributed by atoms with E-state index in [-0.39, 0.29) is 18.2 Å². The summed E-state index contributed by atoms with van der Waals surface area (Å²) in [5, 5.41) is 3.09. The number of nitrogens with one attached hydrogen (secondary N) is 1. The van der Waals surface area contributed by atoms with Crippen molar-refractivity contribution in [3.05, 3.63) is 106 Å². The summed E-state index contributed by atoms with van der Waals surface area (Å²) in [7, 11) is 0. The van der Waals surface area contributed by atoms with E-state index in [2.05, 4.69) is 36.5 Å². The maximum Gasteiger partial charge on any atom is 0.243 e. The van der Waals surface area contributed by atoms with Crippen LogP contribution in [0.2, 0.25) is 0 Å². The third kappa shape index (κ3) is 8.10. The summed E-state index contributed by atoms with van der Waals surface area (Å²) >= 11 is 0. The highest BCUT2D eigenvalue weighted by Gasteiger charge is 2.30. The molecule has 0 radical (unpaired) electrons. The molecular formula is C31H38N2O2. The Morgan fingerprint density at radius 2 is 1.46 bits per heavy atom. The van der Waals surface area contributed by atoms with Crippen LogP contribution in [0.3, 0.4) is 0 Å². The molecule has 0 aliphatic carbocycles. The van der Waals surface area contributed by atoms with Crippen LogP contribution in [0, 0.1) is 20.8 Å². The standard InChI is InChI=1S/C31H38N2O2/c1-5-6-15-32-31(35)29(20-26-12-8-7-9-13-26)33(22-27-14-10-11-23(2)17-27)30(34)21-28-18-24(3)16-25(4)19-28/h7-14,16-19,29H,5-6,15,20-22H2,1-4H3,(H,32,35)/t29-/m0/s1. The first kappa shape index (κ1) is 26.2. The number of carbonyl (C=O) groups excluding carboxylic acids is 2. The molecule has 1 atom stereocenters. The monoisotopic (exact) mass is 470 g/mol. The average Bonchev–Trinajstić information content (AvgIpc) is 2.81. The van der Waals surface area contributed by atoms with Gasteiger partial charge in [-0.1, -0.05) is 103 Å². The Hall–Kier alpha value is -3.40. The number of aryl methyl sites for hydroxylation is 3. The van der Waals surface area contributed by atoms with Crippen LogP contribution < -0.4 is 5.32 Å². The molecule has 3 aromatic rings. The lowest BCUT2D eigenvalue weighted by molar-refractivity contribution is -0.140. The number of carbonyl (C=O) groups is 2. The summed E-state index contributed by atoms with van der Waals surface area (Å²) in [6.45, 7) is 9.25. The van der Waals surface area contributed by atoms with Crippen LogP contribution in [0.4, 0.5) is 0 Å². The molecule has 3 aromatic carbocycles. The first-order chi connectivity index (χ1) is 16.9. The molecule has 4 heteroatoms. The fourth-order valence-corrected chi connectivity index (χ4v) is 4.51. The molecule has 0 saturated heterocycles. The molecule has 0 aromatic heterocycles. The molecule has 184 valence electrons. The SMILES string of the molecule is CCCCNC(=O)[C@H](Cc1ccccc1)N(Cc1cccc(C)c1)C(=O)Cc1cc(C)cc(C)c1. The maximum absolute atomic E-state index is 13.8. The largest absolute Gasteiger partial charge is 0.354 e. The van der Waals surface area contributed by atoms with Crippen molar-refractivity contribution in [3.8, 4) is 0 Å². The topological polar surface area (TPSA) is 49.4 Å². The van der Waals surface area contributed by atoms with Gasteiger partial charge in [-0.15, -0.1) is 0 Å². The summed E-state index contributed by atoms with van der Waals surface area (Å²) in [6, 6.07) is 23.8. The van der Waals surface area contributed by atoms with E-state index in [1.807, 2.05) is 69.3 Å². The van der Waals surface area contributed by atoms with E-state index >= 15 is 0 Å². The highest BCUT2D eigenvalue weighted by Crippen LogP contribution is 2.18. The second-order valence-electron chi connectivity index (χ2n) is 9.53. The summed E-state index contributed by atoms with van der Waals surface area (Å²) in [6.07, 6.45) is 2.66. The molecule has 1 N–H and O–H groups in total. The highest BCUT2D eigenvalue weighted by atomic mass is 16.2. The summed E-state index contributed by atoms with van der Waals surface area (Å²) < 4.78 is 0. The van der Waals surface area contributed by atoms with Gasteiger partial charge in [0.1, 0.15) is 6.04 Å². The number of amides is 2. The van der Waals surface area contributed by atoms with Crippen LogP contribution >= 0.6 is 0 Å². The third-order valence-corrected chi connectivity index (χ3v) is 6.17. The number of hydrogen-bond acceptors (Lipinski definition) is 2. The Labute approximate surface area is 210 Å². The normalized spacial score (nSPS) is 11.7. The quantitative estimate of drug-likeness (QED) is 0.365. The average molecular weight is 471 g/mol. The second kappa shape index (κ2) is 12.9. The highest BCUT2D eigenvalue weighted by molar-refractivity contribution is 5.88. The van der Waals surface area contributed by atoms with Gasteiger partial charge in [0.2, 0.25) is 11.8 Å². The van der Waals surface area contributed by atoms with Gasteiger partial charge in [0, 0.05) is 19.5 Å². The number of benzene rings is 3. The third-order valence-electron chi connectivity index (χ3n) is 6.17. The summed E-state index contributed by atoms with van der Waals surface area (Å²) in [5.74, 6) is -0.133. The number of nitrogens with zero attached hydrogens (tertiary/aromatic N) is 1. The zero-order valence-electron chi connectivity index (χ0n) is 21.5. The first-order valence-electron chi connectivity index (χ1n) is 12.6. The van der Waals surface area contributed by atoms with Crippen molar-refractivity contribution in [2.45, 2.75) is 66.0 Å². The minimum atomic E-state index is -0.590. The van der Waals surface area contributed by atoms with Crippen LogP contribution in [-0.4, -0.2) is 29.3 Å². The van der Waals surface area contributed by atoms with Gasteiger partial charge in [0.15, 0.2) is 0 Å². The zero-order valence-corrected chi connectivity index (χ0v) is 21.5. The molecular weight excluding hydrogens is 432 g/mol. The fourth-order valence-electron chi connectivity index (χ4n) is 4.51. The van der Waals surface area contributed by atoms with Crippen molar-refractivity contribution in [1.82, 2.24) is 10.2 Å². The lowest BCUT2D eigenvalue weighted by Gasteiger charge is -2.32. The molecule has 0 heterocycles. The molecule has 4 nitrogen and oxygen atoms in total. The molecule has 0 unspecified atom stereocenters. The van der Waals surface area contributed by atoms with Crippen LogP contribution in [0.15, 0.2) is 72.8 Å². The fraction of sp³-hybridized carbons (Fsp3) is 0.355. The lowest BCUT2D eigenvalue weighted by atomic mass is 10.00. The Bertz CT molecular complexity index is 1100. The van der Waals surface area contributed by atoms with Crippen molar-refractivity contribution in [2.75, 3.05) is 6.54 Å². The van der Waals surface area contributed by atoms with Crippen LogP contribution in [0.1, 0.15) is 53.1 Å². The van der Waals surface area contributed by atoms with Crippen LogP contribution in [0.25, 0.3) is 0 Å². The maximum atomic E-state index is 13.8. The van der Waals surface area contributed by atoms with Crippen molar-refractivity contribution in [3.63, 3.8) is 0 Å². The van der Waals surface area contributed by atoms with Crippen molar-refractivity contribution >= 4 is 11.8 Å². The molecule has 0 fully saturated rings. The predicted molar refractivity (Wildman–Crippen MR) is 143 cm³/mol. The van der Waals surface area contributed by atoms with Gasteiger partial charge in [-0.3, -0.25) is 9.59 Å². The minimum Gasteiger partial charge on any atom is -0.354 e. The van der Waals surface area contributed by atoms with E-state index < -0.39 is 6.04 Å². The van der Waals surface area contributed by atoms with Crippen molar-refractivity contribution < 1.29 is 9.59 Å². The number of hydrogen-bond donors (Lipinski definition) is 1. The zero-order chi connectivity index (χ0) is 25.2. The minimum absolute atomic E-state index is 0.0388. The molecule has 0 saturated carbocycles. The molecule has 3 rings (SSSR count). The van der Waals surface area contributed by atoms with E-state index in [4.69, 9.17) is 0 Å². The van der Waals surface area contributed by atoms with Gasteiger partial charge in [-0.25, -0.2) is 0 Å². The van der Waals surface area contributed by atoms with Gasteiger partial charge in [-0.05, 0) is 43.9 Å². The Morgan fingerprint density at radius 3 is 2.11 bits per heavy atom. The molecule has 0 bridgehead atoms. The lowest BCUT2D eigenvalue weighted by Crippen LogP contribution is -2.51. The molecule has 0 spiro atoms. The van der Waals surface area contributed by atoms with E-state index in [0.29, 0.717) is 19.5 Å². The molecule has 2 amide bonds. The number of unbranched alkanes of at least 4 members (excludes halogenated alkanes) is 1. The van der Waals surface area contributed by atoms with Gasteiger partial charge in [0.25, 0.3) is 0 Å². The van der Waals surface area contributed by atoms with Crippen molar-refractivity contribution in [2.24, 2.45) is 0 Å². The summed E-state index contributed by atoms with van der Waals surface area (Å²) in [5.41, 5.74) is 6.45. The van der Waals surface area contributed by atoms with Gasteiger partial charge >= 0.3 is 0 Å². The van der Waals surface area contributed by atoms with E-state index in [1.165, 1.54) is 0 Å². The molecule has 0 aliphatic heterocycles. The van der Waals surface area contributed by atoms with E-state index in [9.17, 15) is 9.59 Å². The second-order valence-corrected chi connectivity index (χ2v) is 9.53. The van der Waals surface area contributed by atoms with Crippen LogP contribution in [-0.2, 0) is 29.0 Å². The Balaban J connectivity index is 1.96. The van der Waals surface area contributed by atoms with E-state index in [1.54, 1.807) is 4.90 Å². The number of rotatable bonds is 11. The molecule has 35 heavy (non-hydrogen) atoms. The summed E-state index contributed by atoms with van der Waals surface area (Å²) in [4.78, 5) is 29.1. The predicted octanol–water partition coefficient (Wildman–Crippen LogP) is 5.71. The Kier molecular flexibility index (Phi) is 9.66. The Morgan fingerprint density at radius 1 is 0.800 bits per heavy atom. The van der Waals surface area contributed by atoms with Crippen molar-refractivity contribution in [1.29, 1.82) is 0 Å². The van der Waals surface area contributed by atoms with Crippen LogP contribution in [0.5, 0.6) is 0 Å². The van der Waals surface area contributed by atoms with Gasteiger partial charge in [0.05, 0.1) is 6.42 Å². The molecule has 0 aliphatic rings.